The molecule has 7 nitrogen and oxygen atoms in total. The van der Waals surface area contributed by atoms with Crippen LogP contribution < -0.4 is 0 Å². The molecule has 1 spiro atoms. The first kappa shape index (κ1) is 18.4. The summed E-state index contributed by atoms with van der Waals surface area (Å²) < 4.78 is 5.09. The highest BCUT2D eigenvalue weighted by atomic mass is 16.3. The Morgan fingerprint density at radius 2 is 2.07 bits per heavy atom. The molecule has 2 aliphatic rings. The number of aromatic nitrogens is 1. The third kappa shape index (κ3) is 3.69. The predicted molar refractivity (Wildman–Crippen MR) is 100 cm³/mol. The monoisotopic (exact) mass is 381 g/mol. The third-order valence-electron chi connectivity index (χ3n) is 5.73. The van der Waals surface area contributed by atoms with E-state index >= 15 is 0 Å². The van der Waals surface area contributed by atoms with Crippen LogP contribution in [0.4, 0.5) is 0 Å². The molecule has 2 aliphatic heterocycles. The average Bonchev–Trinajstić information content (AvgIpc) is 3.26. The van der Waals surface area contributed by atoms with E-state index in [1.165, 1.54) is 12.3 Å². The number of carbonyl (C=O) groups excluding carboxylic acids is 3. The molecule has 2 fully saturated rings. The van der Waals surface area contributed by atoms with Crippen molar-refractivity contribution in [2.75, 3.05) is 19.6 Å². The Hall–Kier alpha value is -2.96. The number of piperidine rings is 2. The topological polar surface area (TPSA) is 83.7 Å². The van der Waals surface area contributed by atoms with Crippen LogP contribution in [0.15, 0.2) is 47.3 Å². The fourth-order valence-corrected chi connectivity index (χ4v) is 4.33. The lowest BCUT2D eigenvalue weighted by molar-refractivity contribution is -0.142. The highest BCUT2D eigenvalue weighted by Gasteiger charge is 2.43. The van der Waals surface area contributed by atoms with E-state index in [1.54, 1.807) is 23.4 Å². The number of carbonyl (C=O) groups is 3. The molecule has 7 heteroatoms. The number of hydrogen-bond donors (Lipinski definition) is 0. The first-order chi connectivity index (χ1) is 13.6. The molecule has 2 amide bonds. The summed E-state index contributed by atoms with van der Waals surface area (Å²) in [7, 11) is 0. The SMILES string of the molecule is O=C(C(=O)N1CCCC2(CCC(=O)N(Cc3cccnc3)C2)C1)c1ccco1. The van der Waals surface area contributed by atoms with Crippen molar-refractivity contribution in [1.29, 1.82) is 0 Å². The lowest BCUT2D eigenvalue weighted by Gasteiger charge is -2.48. The van der Waals surface area contributed by atoms with E-state index in [2.05, 4.69) is 4.98 Å². The zero-order chi connectivity index (χ0) is 19.6. The molecule has 0 aromatic carbocycles. The van der Waals surface area contributed by atoms with Gasteiger partial charge in [-0.25, -0.2) is 0 Å². The molecule has 4 rings (SSSR count). The number of nitrogens with zero attached hydrogens (tertiary/aromatic N) is 3. The van der Waals surface area contributed by atoms with E-state index in [4.69, 9.17) is 4.42 Å². The Labute approximate surface area is 163 Å². The molecule has 0 N–H and O–H groups in total. The van der Waals surface area contributed by atoms with E-state index in [0.29, 0.717) is 32.6 Å². The maximum atomic E-state index is 12.7. The Balaban J connectivity index is 1.47. The van der Waals surface area contributed by atoms with Crippen LogP contribution >= 0.6 is 0 Å². The number of pyridine rings is 1. The van der Waals surface area contributed by atoms with Gasteiger partial charge in [-0.1, -0.05) is 6.07 Å². The van der Waals surface area contributed by atoms with Crippen LogP contribution in [0.2, 0.25) is 0 Å². The number of likely N-dealkylation sites (tertiary alicyclic amines) is 2. The van der Waals surface area contributed by atoms with Crippen LogP contribution in [0.25, 0.3) is 0 Å². The summed E-state index contributed by atoms with van der Waals surface area (Å²) in [6.45, 7) is 2.17. The van der Waals surface area contributed by atoms with E-state index < -0.39 is 11.7 Å². The van der Waals surface area contributed by atoms with E-state index in [1.807, 2.05) is 17.0 Å². The van der Waals surface area contributed by atoms with E-state index in [0.717, 1.165) is 24.8 Å². The van der Waals surface area contributed by atoms with Gasteiger partial charge in [-0.3, -0.25) is 19.4 Å². The highest BCUT2D eigenvalue weighted by Crippen LogP contribution is 2.39. The summed E-state index contributed by atoms with van der Waals surface area (Å²) in [5, 5.41) is 0. The molecular weight excluding hydrogens is 358 g/mol. The highest BCUT2D eigenvalue weighted by molar-refractivity contribution is 6.41. The first-order valence-electron chi connectivity index (χ1n) is 9.60. The van der Waals surface area contributed by atoms with Crippen molar-refractivity contribution in [3.8, 4) is 0 Å². The molecule has 0 saturated carbocycles. The fourth-order valence-electron chi connectivity index (χ4n) is 4.33. The zero-order valence-corrected chi connectivity index (χ0v) is 15.7. The maximum absolute atomic E-state index is 12.7. The molecule has 146 valence electrons. The molecule has 4 heterocycles. The lowest BCUT2D eigenvalue weighted by atomic mass is 9.73. The van der Waals surface area contributed by atoms with Crippen molar-refractivity contribution >= 4 is 17.6 Å². The van der Waals surface area contributed by atoms with Gasteiger partial charge >= 0.3 is 0 Å². The van der Waals surface area contributed by atoms with Gasteiger partial charge in [0.1, 0.15) is 0 Å². The van der Waals surface area contributed by atoms with Gasteiger partial charge in [0.2, 0.25) is 5.91 Å². The average molecular weight is 381 g/mol. The van der Waals surface area contributed by atoms with Gasteiger partial charge in [0.25, 0.3) is 11.7 Å². The Morgan fingerprint density at radius 3 is 2.82 bits per heavy atom. The number of furan rings is 1. The van der Waals surface area contributed by atoms with Crippen LogP contribution in [0, 0.1) is 5.41 Å². The molecule has 2 aromatic heterocycles. The maximum Gasteiger partial charge on any atom is 0.298 e. The van der Waals surface area contributed by atoms with Crippen molar-refractivity contribution in [3.63, 3.8) is 0 Å². The van der Waals surface area contributed by atoms with Gasteiger partial charge in [-0.2, -0.15) is 0 Å². The number of Topliss-reactive ketones (excluding diaryl/α,β-unsaturated/α-hetero) is 1. The predicted octanol–water partition coefficient (Wildman–Crippen LogP) is 2.29. The van der Waals surface area contributed by atoms with Gasteiger partial charge in [0, 0.05) is 50.4 Å². The van der Waals surface area contributed by atoms with E-state index in [9.17, 15) is 14.4 Å². The summed E-state index contributed by atoms with van der Waals surface area (Å²) in [6, 6.07) is 6.93. The van der Waals surface area contributed by atoms with Crippen LogP contribution in [-0.2, 0) is 16.1 Å². The quantitative estimate of drug-likeness (QED) is 0.599. The third-order valence-corrected chi connectivity index (χ3v) is 5.73. The van der Waals surface area contributed by atoms with Crippen LogP contribution in [0.3, 0.4) is 0 Å². The normalized spacial score (nSPS) is 22.5. The summed E-state index contributed by atoms with van der Waals surface area (Å²) in [5.41, 5.74) is 0.831. The molecule has 0 aliphatic carbocycles. The minimum atomic E-state index is -0.610. The summed E-state index contributed by atoms with van der Waals surface area (Å²) in [5.74, 6) is -0.933. The number of hydrogen-bond acceptors (Lipinski definition) is 5. The van der Waals surface area contributed by atoms with Gasteiger partial charge < -0.3 is 14.2 Å². The summed E-state index contributed by atoms with van der Waals surface area (Å²) in [4.78, 5) is 45.1. The van der Waals surface area contributed by atoms with Gasteiger partial charge in [0.05, 0.1) is 6.26 Å². The second-order valence-corrected chi connectivity index (χ2v) is 7.75. The minimum Gasteiger partial charge on any atom is -0.461 e. The second kappa shape index (κ2) is 7.58. The lowest BCUT2D eigenvalue weighted by Crippen LogP contribution is -2.55. The van der Waals surface area contributed by atoms with Crippen molar-refractivity contribution < 1.29 is 18.8 Å². The summed E-state index contributed by atoms with van der Waals surface area (Å²) in [6.07, 6.45) is 7.86. The Morgan fingerprint density at radius 1 is 1.18 bits per heavy atom. The smallest absolute Gasteiger partial charge is 0.298 e. The van der Waals surface area contributed by atoms with Gasteiger partial charge in [-0.15, -0.1) is 0 Å². The van der Waals surface area contributed by atoms with Crippen molar-refractivity contribution in [2.24, 2.45) is 5.41 Å². The van der Waals surface area contributed by atoms with Crippen molar-refractivity contribution in [1.82, 2.24) is 14.8 Å². The molecule has 2 saturated heterocycles. The zero-order valence-electron chi connectivity index (χ0n) is 15.7. The number of amides is 2. The Bertz CT molecular complexity index is 865. The fraction of sp³-hybridized carbons (Fsp3) is 0.429. The molecular formula is C21H23N3O4. The molecule has 1 atom stereocenters. The van der Waals surface area contributed by atoms with Crippen LogP contribution in [0.5, 0.6) is 0 Å². The standard InChI is InChI=1S/C21H23N3O4/c25-18-6-8-21(15-24(18)13-16-4-1-9-22-12-16)7-3-10-23(14-21)20(27)19(26)17-5-2-11-28-17/h1-2,4-5,9,11-12H,3,6-8,10,13-15H2. The molecule has 0 bridgehead atoms. The van der Waals surface area contributed by atoms with Crippen molar-refractivity contribution in [3.05, 3.63) is 54.2 Å². The Kier molecular flexibility index (Phi) is 4.98. The second-order valence-electron chi connectivity index (χ2n) is 7.75. The minimum absolute atomic E-state index is 0.0710. The number of ketones is 1. The number of rotatable bonds is 4. The molecule has 28 heavy (non-hydrogen) atoms. The molecule has 0 radical (unpaired) electrons. The van der Waals surface area contributed by atoms with Crippen LogP contribution in [0.1, 0.15) is 41.8 Å². The summed E-state index contributed by atoms with van der Waals surface area (Å²) >= 11 is 0. The first-order valence-corrected chi connectivity index (χ1v) is 9.60. The molecule has 2 aromatic rings. The van der Waals surface area contributed by atoms with E-state index in [-0.39, 0.29) is 17.1 Å². The largest absolute Gasteiger partial charge is 0.461 e. The molecule has 1 unspecified atom stereocenters. The van der Waals surface area contributed by atoms with Crippen LogP contribution in [-0.4, -0.2) is 52.0 Å². The van der Waals surface area contributed by atoms with Gasteiger partial charge in [0.15, 0.2) is 5.76 Å². The van der Waals surface area contributed by atoms with Gasteiger partial charge in [-0.05, 0) is 43.0 Å². The van der Waals surface area contributed by atoms with Crippen molar-refractivity contribution in [2.45, 2.75) is 32.2 Å².